The van der Waals surface area contributed by atoms with Crippen molar-refractivity contribution < 1.29 is 9.47 Å². The van der Waals surface area contributed by atoms with E-state index in [1.54, 1.807) is 14.2 Å². The van der Waals surface area contributed by atoms with Crippen molar-refractivity contribution >= 4 is 0 Å². The summed E-state index contributed by atoms with van der Waals surface area (Å²) >= 11 is 0. The normalized spacial score (nSPS) is 7.71. The highest BCUT2D eigenvalue weighted by Gasteiger charge is 1.73. The van der Waals surface area contributed by atoms with Gasteiger partial charge in [0.1, 0.15) is 0 Å². The van der Waals surface area contributed by atoms with Crippen LogP contribution in [0.5, 0.6) is 0 Å². The second-order valence-corrected chi connectivity index (χ2v) is 0.986. The molecule has 0 atom stereocenters. The molecule has 0 saturated carbocycles. The third-order valence-electron chi connectivity index (χ3n) is 0.492. The van der Waals surface area contributed by atoms with Crippen LogP contribution >= 0.6 is 0 Å². The molecular formula is C5H14O2. The van der Waals surface area contributed by atoms with Gasteiger partial charge in [-0.25, -0.2) is 0 Å². The molecule has 0 aliphatic rings. The van der Waals surface area contributed by atoms with E-state index < -0.39 is 0 Å². The second-order valence-electron chi connectivity index (χ2n) is 0.986. The smallest absolute Gasteiger partial charge is 0.0696 e. The lowest BCUT2D eigenvalue weighted by molar-refractivity contribution is 0.103. The Kier molecular flexibility index (Phi) is 13.3. The minimum absolute atomic E-state index is 0. The van der Waals surface area contributed by atoms with Crippen LogP contribution < -0.4 is 0 Å². The first kappa shape index (κ1) is 10.0. The van der Waals surface area contributed by atoms with Crippen molar-refractivity contribution in [3.63, 3.8) is 0 Å². The van der Waals surface area contributed by atoms with E-state index in [2.05, 4.69) is 9.47 Å². The van der Waals surface area contributed by atoms with Crippen molar-refractivity contribution in [1.29, 1.82) is 0 Å². The molecule has 0 fully saturated rings. The minimum Gasteiger partial charge on any atom is -0.382 e. The number of methoxy groups -OCH3 is 2. The van der Waals surface area contributed by atoms with Gasteiger partial charge in [-0.2, -0.15) is 0 Å². The molecular weight excluding hydrogens is 92.1 g/mol. The zero-order valence-corrected chi connectivity index (χ0v) is 4.23. The van der Waals surface area contributed by atoms with Crippen molar-refractivity contribution in [1.82, 2.24) is 0 Å². The largest absolute Gasteiger partial charge is 0.382 e. The van der Waals surface area contributed by atoms with Crippen LogP contribution in [0.4, 0.5) is 0 Å². The van der Waals surface area contributed by atoms with Crippen LogP contribution in [-0.2, 0) is 9.47 Å². The van der Waals surface area contributed by atoms with Crippen LogP contribution in [0.3, 0.4) is 0 Å². The Bertz CT molecular complexity index is 18.0. The van der Waals surface area contributed by atoms with E-state index in [4.69, 9.17) is 0 Å². The molecule has 0 radical (unpaired) electrons. The van der Waals surface area contributed by atoms with Gasteiger partial charge in [0.2, 0.25) is 0 Å². The molecule has 0 saturated heterocycles. The molecule has 0 rings (SSSR count). The van der Waals surface area contributed by atoms with Crippen molar-refractivity contribution in [3.8, 4) is 0 Å². The van der Waals surface area contributed by atoms with Crippen LogP contribution in [0.1, 0.15) is 7.43 Å². The Hall–Kier alpha value is -0.0800. The molecule has 0 aromatic rings. The summed E-state index contributed by atoms with van der Waals surface area (Å²) in [4.78, 5) is 0. The van der Waals surface area contributed by atoms with Gasteiger partial charge >= 0.3 is 0 Å². The van der Waals surface area contributed by atoms with E-state index >= 15 is 0 Å². The van der Waals surface area contributed by atoms with Crippen molar-refractivity contribution in [2.45, 2.75) is 7.43 Å². The molecule has 0 aliphatic carbocycles. The predicted octanol–water partition coefficient (Wildman–Crippen LogP) is 0.915. The fourth-order valence-electron chi connectivity index (χ4n) is 0.167. The van der Waals surface area contributed by atoms with Gasteiger partial charge in [0, 0.05) is 14.2 Å². The van der Waals surface area contributed by atoms with E-state index in [0.29, 0.717) is 13.2 Å². The topological polar surface area (TPSA) is 18.5 Å². The summed E-state index contributed by atoms with van der Waals surface area (Å²) < 4.78 is 9.31. The Morgan fingerprint density at radius 3 is 1.43 bits per heavy atom. The maximum absolute atomic E-state index is 4.66. The van der Waals surface area contributed by atoms with Gasteiger partial charge in [-0.1, -0.05) is 7.43 Å². The molecule has 0 aromatic heterocycles. The summed E-state index contributed by atoms with van der Waals surface area (Å²) in [6.07, 6.45) is 0. The summed E-state index contributed by atoms with van der Waals surface area (Å²) in [7, 11) is 3.30. The number of hydrogen-bond acceptors (Lipinski definition) is 2. The number of hydrogen-bond donors (Lipinski definition) is 0. The Labute approximate surface area is 45.4 Å². The highest BCUT2D eigenvalue weighted by atomic mass is 16.5. The fourth-order valence-corrected chi connectivity index (χ4v) is 0.167. The van der Waals surface area contributed by atoms with Gasteiger partial charge in [0.25, 0.3) is 0 Å². The van der Waals surface area contributed by atoms with Crippen molar-refractivity contribution in [2.24, 2.45) is 0 Å². The van der Waals surface area contributed by atoms with Crippen LogP contribution in [0.25, 0.3) is 0 Å². The van der Waals surface area contributed by atoms with E-state index in [-0.39, 0.29) is 7.43 Å². The molecule has 0 spiro atoms. The Balaban J connectivity index is 0. The average Bonchev–Trinajstić information content (AvgIpc) is 1.61. The standard InChI is InChI=1S/C4H10O2.CH4/c1-5-3-4-6-2;/h3-4H2,1-2H3;1H4. The molecule has 7 heavy (non-hydrogen) atoms. The fraction of sp³-hybridized carbons (Fsp3) is 1.00. The van der Waals surface area contributed by atoms with Gasteiger partial charge < -0.3 is 9.47 Å². The molecule has 0 N–H and O–H groups in total. The van der Waals surface area contributed by atoms with Gasteiger partial charge in [0.15, 0.2) is 0 Å². The van der Waals surface area contributed by atoms with E-state index in [0.717, 1.165) is 0 Å². The number of rotatable bonds is 3. The third kappa shape index (κ3) is 10.7. The first-order valence-corrected chi connectivity index (χ1v) is 1.89. The summed E-state index contributed by atoms with van der Waals surface area (Å²) in [5.41, 5.74) is 0. The zero-order valence-electron chi connectivity index (χ0n) is 4.23. The molecule has 46 valence electrons. The molecule has 0 heterocycles. The summed E-state index contributed by atoms with van der Waals surface area (Å²) in [5, 5.41) is 0. The van der Waals surface area contributed by atoms with Gasteiger partial charge in [-0.15, -0.1) is 0 Å². The first-order chi connectivity index (χ1) is 2.91. The lowest BCUT2D eigenvalue weighted by Gasteiger charge is -1.91. The van der Waals surface area contributed by atoms with Gasteiger partial charge in [-0.3, -0.25) is 0 Å². The Morgan fingerprint density at radius 1 is 1.00 bits per heavy atom. The SMILES string of the molecule is C.COCCOC. The van der Waals surface area contributed by atoms with Crippen molar-refractivity contribution in [2.75, 3.05) is 27.4 Å². The van der Waals surface area contributed by atoms with Crippen LogP contribution in [0.2, 0.25) is 0 Å². The average molecular weight is 106 g/mol. The van der Waals surface area contributed by atoms with E-state index in [9.17, 15) is 0 Å². The molecule has 0 aliphatic heterocycles. The lowest BCUT2D eigenvalue weighted by Crippen LogP contribution is -1.96. The Morgan fingerprint density at radius 2 is 1.29 bits per heavy atom. The van der Waals surface area contributed by atoms with Crippen LogP contribution in [-0.4, -0.2) is 27.4 Å². The maximum Gasteiger partial charge on any atom is 0.0696 e. The highest BCUT2D eigenvalue weighted by Crippen LogP contribution is 1.65. The minimum atomic E-state index is 0. The third-order valence-corrected chi connectivity index (χ3v) is 0.492. The lowest BCUT2D eigenvalue weighted by atomic mass is 10.8. The highest BCUT2D eigenvalue weighted by molar-refractivity contribution is 4.17. The summed E-state index contributed by atoms with van der Waals surface area (Å²) in [6, 6.07) is 0. The van der Waals surface area contributed by atoms with Gasteiger partial charge in [-0.05, 0) is 0 Å². The molecule has 2 nitrogen and oxygen atoms in total. The van der Waals surface area contributed by atoms with Gasteiger partial charge in [0.05, 0.1) is 13.2 Å². The second kappa shape index (κ2) is 9.33. The summed E-state index contributed by atoms with van der Waals surface area (Å²) in [5.74, 6) is 0. The number of ether oxygens (including phenoxy) is 2. The molecule has 0 amide bonds. The van der Waals surface area contributed by atoms with E-state index in [1.165, 1.54) is 0 Å². The van der Waals surface area contributed by atoms with Crippen LogP contribution in [0.15, 0.2) is 0 Å². The molecule has 2 heteroatoms. The van der Waals surface area contributed by atoms with Crippen LogP contribution in [0, 0.1) is 0 Å². The quantitative estimate of drug-likeness (QED) is 0.498. The molecule has 0 unspecified atom stereocenters. The maximum atomic E-state index is 4.66. The predicted molar refractivity (Wildman–Crippen MR) is 30.5 cm³/mol. The van der Waals surface area contributed by atoms with Crippen molar-refractivity contribution in [3.05, 3.63) is 0 Å². The molecule has 0 aromatic carbocycles. The monoisotopic (exact) mass is 106 g/mol. The zero-order chi connectivity index (χ0) is 4.83. The first-order valence-electron chi connectivity index (χ1n) is 1.89. The molecule has 0 bridgehead atoms. The van der Waals surface area contributed by atoms with E-state index in [1.807, 2.05) is 0 Å². The summed E-state index contributed by atoms with van der Waals surface area (Å²) in [6.45, 7) is 1.38.